The van der Waals surface area contributed by atoms with Crippen LogP contribution in [0.5, 0.6) is 0 Å². The lowest BCUT2D eigenvalue weighted by Gasteiger charge is -2.15. The molecule has 1 aromatic carbocycles. The fourth-order valence-corrected chi connectivity index (χ4v) is 1.41. The topological polar surface area (TPSA) is 37.3 Å². The Morgan fingerprint density at radius 2 is 2.21 bits per heavy atom. The highest BCUT2D eigenvalue weighted by Gasteiger charge is 2.35. The SMILES string of the molecule is CC(F)(C(=O)O)c1ccc(Cl)c(Br)c1. The van der Waals surface area contributed by atoms with Crippen LogP contribution in [-0.4, -0.2) is 11.1 Å². The van der Waals surface area contributed by atoms with Gasteiger partial charge in [-0.25, -0.2) is 9.18 Å². The van der Waals surface area contributed by atoms with Crippen molar-refractivity contribution in [1.29, 1.82) is 0 Å². The summed E-state index contributed by atoms with van der Waals surface area (Å²) in [5.74, 6) is -1.52. The van der Waals surface area contributed by atoms with Crippen molar-refractivity contribution in [3.05, 3.63) is 33.3 Å². The molecule has 0 amide bonds. The van der Waals surface area contributed by atoms with E-state index in [2.05, 4.69) is 15.9 Å². The lowest BCUT2D eigenvalue weighted by atomic mass is 9.98. The molecule has 0 aliphatic carbocycles. The first-order chi connectivity index (χ1) is 6.35. The Kier molecular flexibility index (Phi) is 3.17. The van der Waals surface area contributed by atoms with Crippen LogP contribution in [0.15, 0.2) is 22.7 Å². The highest BCUT2D eigenvalue weighted by molar-refractivity contribution is 9.10. The van der Waals surface area contributed by atoms with Crippen molar-refractivity contribution in [1.82, 2.24) is 0 Å². The van der Waals surface area contributed by atoms with Crippen molar-refractivity contribution in [3.8, 4) is 0 Å². The van der Waals surface area contributed by atoms with Crippen LogP contribution < -0.4 is 0 Å². The molecule has 1 atom stereocenters. The van der Waals surface area contributed by atoms with Gasteiger partial charge < -0.3 is 5.11 Å². The minimum absolute atomic E-state index is 0.0567. The molecule has 0 aliphatic heterocycles. The molecule has 14 heavy (non-hydrogen) atoms. The first kappa shape index (κ1) is 11.5. The van der Waals surface area contributed by atoms with E-state index < -0.39 is 11.6 Å². The number of hydrogen-bond donors (Lipinski definition) is 1. The Labute approximate surface area is 93.8 Å². The van der Waals surface area contributed by atoms with E-state index in [1.165, 1.54) is 18.2 Å². The summed E-state index contributed by atoms with van der Waals surface area (Å²) in [7, 11) is 0. The Bertz CT molecular complexity index is 379. The van der Waals surface area contributed by atoms with Gasteiger partial charge in [-0.3, -0.25) is 0 Å². The summed E-state index contributed by atoms with van der Waals surface area (Å²) in [5, 5.41) is 9.04. The lowest BCUT2D eigenvalue weighted by molar-refractivity contribution is -0.150. The van der Waals surface area contributed by atoms with Gasteiger partial charge in [0.1, 0.15) is 0 Å². The molecule has 2 nitrogen and oxygen atoms in total. The average molecular weight is 282 g/mol. The van der Waals surface area contributed by atoms with Crippen molar-refractivity contribution in [2.75, 3.05) is 0 Å². The van der Waals surface area contributed by atoms with Crippen LogP contribution in [-0.2, 0) is 10.5 Å². The van der Waals surface area contributed by atoms with Crippen LogP contribution >= 0.6 is 27.5 Å². The van der Waals surface area contributed by atoms with Gasteiger partial charge in [-0.05, 0) is 35.0 Å². The molecule has 0 saturated carbocycles. The smallest absolute Gasteiger partial charge is 0.345 e. The Hall–Kier alpha value is -0.610. The van der Waals surface area contributed by atoms with E-state index in [9.17, 15) is 9.18 Å². The van der Waals surface area contributed by atoms with E-state index in [-0.39, 0.29) is 5.56 Å². The third-order valence-corrected chi connectivity index (χ3v) is 3.08. The van der Waals surface area contributed by atoms with E-state index in [0.29, 0.717) is 9.50 Å². The van der Waals surface area contributed by atoms with Crippen LogP contribution in [0.1, 0.15) is 12.5 Å². The number of aliphatic carboxylic acids is 1. The number of carbonyl (C=O) groups is 1. The van der Waals surface area contributed by atoms with Crippen molar-refractivity contribution >= 4 is 33.5 Å². The lowest BCUT2D eigenvalue weighted by Crippen LogP contribution is -2.26. The Morgan fingerprint density at radius 3 is 2.64 bits per heavy atom. The molecule has 1 rings (SSSR count). The van der Waals surface area contributed by atoms with E-state index in [4.69, 9.17) is 16.7 Å². The summed E-state index contributed by atoms with van der Waals surface area (Å²) in [6.07, 6.45) is 0. The van der Waals surface area contributed by atoms with Crippen molar-refractivity contribution in [3.63, 3.8) is 0 Å². The fourth-order valence-electron chi connectivity index (χ4n) is 0.912. The van der Waals surface area contributed by atoms with Crippen LogP contribution in [0.4, 0.5) is 4.39 Å². The van der Waals surface area contributed by atoms with Crippen LogP contribution in [0, 0.1) is 0 Å². The van der Waals surface area contributed by atoms with Gasteiger partial charge in [0.2, 0.25) is 5.67 Å². The molecule has 0 bridgehead atoms. The quantitative estimate of drug-likeness (QED) is 0.902. The van der Waals surface area contributed by atoms with Gasteiger partial charge in [-0.1, -0.05) is 17.7 Å². The average Bonchev–Trinajstić information content (AvgIpc) is 2.09. The van der Waals surface area contributed by atoms with Gasteiger partial charge in [-0.2, -0.15) is 0 Å². The summed E-state index contributed by atoms with van der Waals surface area (Å²) < 4.78 is 14.1. The molecule has 76 valence electrons. The molecule has 0 heterocycles. The number of hydrogen-bond acceptors (Lipinski definition) is 1. The predicted octanol–water partition coefficient (Wildman–Crippen LogP) is 3.37. The zero-order valence-electron chi connectivity index (χ0n) is 7.22. The van der Waals surface area contributed by atoms with E-state index in [0.717, 1.165) is 6.92 Å². The van der Waals surface area contributed by atoms with Gasteiger partial charge in [0.05, 0.1) is 5.02 Å². The van der Waals surface area contributed by atoms with Gasteiger partial charge in [-0.15, -0.1) is 0 Å². The Morgan fingerprint density at radius 1 is 1.64 bits per heavy atom. The Balaban J connectivity index is 3.21. The normalized spacial score (nSPS) is 14.9. The third-order valence-electron chi connectivity index (χ3n) is 1.86. The highest BCUT2D eigenvalue weighted by Crippen LogP contribution is 2.31. The summed E-state index contributed by atoms with van der Waals surface area (Å²) in [5.41, 5.74) is -2.34. The first-order valence-corrected chi connectivity index (χ1v) is 4.90. The number of carboxylic acid groups (broad SMARTS) is 1. The van der Waals surface area contributed by atoms with Crippen molar-refractivity contribution in [2.24, 2.45) is 0 Å². The standard InChI is InChI=1S/C9H7BrClFO2/c1-9(12,8(13)14)5-2-3-7(11)6(10)4-5/h2-4H,1H3,(H,13,14). The number of rotatable bonds is 2. The van der Waals surface area contributed by atoms with E-state index in [1.54, 1.807) is 0 Å². The molecule has 0 aromatic heterocycles. The van der Waals surface area contributed by atoms with Gasteiger partial charge in [0, 0.05) is 10.0 Å². The highest BCUT2D eigenvalue weighted by atomic mass is 79.9. The third kappa shape index (κ3) is 2.07. The minimum atomic E-state index is -2.40. The summed E-state index contributed by atoms with van der Waals surface area (Å²) >= 11 is 8.79. The van der Waals surface area contributed by atoms with Crippen LogP contribution in [0.3, 0.4) is 0 Å². The van der Waals surface area contributed by atoms with Gasteiger partial charge in [0.25, 0.3) is 0 Å². The fraction of sp³-hybridized carbons (Fsp3) is 0.222. The molecule has 0 radical (unpaired) electrons. The van der Waals surface area contributed by atoms with Crippen LogP contribution in [0.2, 0.25) is 5.02 Å². The molecular weight excluding hydrogens is 274 g/mol. The molecule has 0 fully saturated rings. The maximum absolute atomic E-state index is 13.6. The van der Waals surface area contributed by atoms with E-state index in [1.807, 2.05) is 0 Å². The number of alkyl halides is 1. The summed E-state index contributed by atoms with van der Waals surface area (Å²) in [6.45, 7) is 0.991. The number of carboxylic acids is 1. The zero-order chi connectivity index (χ0) is 10.9. The number of benzene rings is 1. The molecule has 0 aliphatic rings. The summed E-state index contributed by atoms with van der Waals surface area (Å²) in [4.78, 5) is 10.6. The second-order valence-electron chi connectivity index (χ2n) is 2.94. The minimum Gasteiger partial charge on any atom is -0.479 e. The molecule has 5 heteroatoms. The monoisotopic (exact) mass is 280 g/mol. The van der Waals surface area contributed by atoms with Crippen LogP contribution in [0.25, 0.3) is 0 Å². The molecule has 0 spiro atoms. The first-order valence-electron chi connectivity index (χ1n) is 3.73. The molecular formula is C9H7BrClFO2. The van der Waals surface area contributed by atoms with Gasteiger partial charge in [0.15, 0.2) is 0 Å². The number of halogens is 3. The molecule has 1 N–H and O–H groups in total. The van der Waals surface area contributed by atoms with Gasteiger partial charge >= 0.3 is 5.97 Å². The zero-order valence-corrected chi connectivity index (χ0v) is 9.56. The maximum atomic E-state index is 13.6. The van der Waals surface area contributed by atoms with E-state index >= 15 is 0 Å². The molecule has 1 aromatic rings. The van der Waals surface area contributed by atoms with Crippen molar-refractivity contribution < 1.29 is 14.3 Å². The predicted molar refractivity (Wildman–Crippen MR) is 55.2 cm³/mol. The summed E-state index contributed by atoms with van der Waals surface area (Å²) in [6, 6.07) is 4.15. The van der Waals surface area contributed by atoms with Crippen molar-refractivity contribution in [2.45, 2.75) is 12.6 Å². The molecule has 1 unspecified atom stereocenters. The second-order valence-corrected chi connectivity index (χ2v) is 4.20. The maximum Gasteiger partial charge on any atom is 0.345 e. The second kappa shape index (κ2) is 3.87. The largest absolute Gasteiger partial charge is 0.479 e. The molecule has 0 saturated heterocycles.